The fourth-order valence-electron chi connectivity index (χ4n) is 5.49. The summed E-state index contributed by atoms with van der Waals surface area (Å²) in [6.07, 6.45) is 4.59. The zero-order valence-electron chi connectivity index (χ0n) is 19.9. The third kappa shape index (κ3) is 4.46. The van der Waals surface area contributed by atoms with E-state index < -0.39 is 17.7 Å². The van der Waals surface area contributed by atoms with Crippen LogP contribution in [-0.4, -0.2) is 41.0 Å². The number of anilines is 1. The Hall–Kier alpha value is -3.72. The molecule has 0 radical (unpaired) electrons. The van der Waals surface area contributed by atoms with E-state index in [0.29, 0.717) is 42.5 Å². The van der Waals surface area contributed by atoms with Crippen LogP contribution >= 0.6 is 0 Å². The first-order chi connectivity index (χ1) is 17.4. The molecule has 0 saturated heterocycles. The summed E-state index contributed by atoms with van der Waals surface area (Å²) in [5.41, 5.74) is 15.1. The Bertz CT molecular complexity index is 1360. The van der Waals surface area contributed by atoms with E-state index in [2.05, 4.69) is 5.32 Å². The molecule has 0 atom stereocenters. The number of primary amides is 1. The molecule has 1 aromatic heterocycles. The molecule has 1 aliphatic heterocycles. The first kappa shape index (κ1) is 24.0. The highest BCUT2D eigenvalue weighted by Gasteiger charge is 2.28. The molecule has 2 aliphatic rings. The molecule has 1 aliphatic carbocycles. The standard InChI is InChI=1S/C27H29FN4O4/c28-16-5-11-20-23(13-16)32-22(2-1-3-24(32)33)26(20)15-4-10-19(27(30)35)21(12-15)31-17-6-8-18(9-7-17)36-25(34)14-29/h4-5,10-13,17-18,31H,1-3,6-9,14,29H2,(H2,30,35). The van der Waals surface area contributed by atoms with Crippen LogP contribution in [0.15, 0.2) is 36.4 Å². The molecule has 3 aromatic rings. The number of esters is 1. The smallest absolute Gasteiger partial charge is 0.319 e. The van der Waals surface area contributed by atoms with Gasteiger partial charge in [0, 0.05) is 34.8 Å². The van der Waals surface area contributed by atoms with Crippen molar-refractivity contribution in [1.82, 2.24) is 4.57 Å². The first-order valence-corrected chi connectivity index (χ1v) is 12.3. The van der Waals surface area contributed by atoms with Crippen LogP contribution in [0.3, 0.4) is 0 Å². The largest absolute Gasteiger partial charge is 0.461 e. The van der Waals surface area contributed by atoms with E-state index >= 15 is 0 Å². The lowest BCUT2D eigenvalue weighted by Gasteiger charge is -2.30. The molecule has 9 heteroatoms. The normalized spacial score (nSPS) is 19.7. The molecule has 2 aromatic carbocycles. The van der Waals surface area contributed by atoms with Crippen molar-refractivity contribution in [2.24, 2.45) is 11.5 Å². The lowest BCUT2D eigenvalue weighted by molar-refractivity contribution is -0.148. The number of halogens is 1. The van der Waals surface area contributed by atoms with E-state index in [9.17, 15) is 18.8 Å². The van der Waals surface area contributed by atoms with E-state index in [1.165, 1.54) is 12.1 Å². The van der Waals surface area contributed by atoms with E-state index in [1.54, 1.807) is 16.7 Å². The van der Waals surface area contributed by atoms with Gasteiger partial charge >= 0.3 is 5.97 Å². The van der Waals surface area contributed by atoms with Crippen LogP contribution < -0.4 is 16.8 Å². The average Bonchev–Trinajstić information content (AvgIpc) is 3.19. The Morgan fingerprint density at radius 3 is 2.58 bits per heavy atom. The summed E-state index contributed by atoms with van der Waals surface area (Å²) in [6.45, 7) is -0.135. The highest BCUT2D eigenvalue weighted by Crippen LogP contribution is 2.40. The van der Waals surface area contributed by atoms with Crippen molar-refractivity contribution in [2.75, 3.05) is 11.9 Å². The van der Waals surface area contributed by atoms with Crippen molar-refractivity contribution >= 4 is 34.4 Å². The number of carbonyl (C=O) groups excluding carboxylic acids is 3. The summed E-state index contributed by atoms with van der Waals surface area (Å²) in [5.74, 6) is -1.39. The number of ether oxygens (including phenoxy) is 1. The number of nitrogens with two attached hydrogens (primary N) is 2. The van der Waals surface area contributed by atoms with E-state index in [4.69, 9.17) is 16.2 Å². The maximum atomic E-state index is 14.1. The van der Waals surface area contributed by atoms with Gasteiger partial charge in [-0.2, -0.15) is 0 Å². The number of fused-ring (bicyclic) bond motifs is 3. The molecule has 8 nitrogen and oxygen atoms in total. The molecule has 1 saturated carbocycles. The molecule has 1 fully saturated rings. The summed E-state index contributed by atoms with van der Waals surface area (Å²) in [5, 5.41) is 4.26. The summed E-state index contributed by atoms with van der Waals surface area (Å²) in [6, 6.07) is 9.98. The number of nitrogens with zero attached hydrogens (tertiary/aromatic N) is 1. The summed E-state index contributed by atoms with van der Waals surface area (Å²) >= 11 is 0. The Balaban J connectivity index is 1.50. The predicted molar refractivity (Wildman–Crippen MR) is 134 cm³/mol. The van der Waals surface area contributed by atoms with Gasteiger partial charge in [0.1, 0.15) is 11.9 Å². The number of benzene rings is 2. The number of amides is 1. The van der Waals surface area contributed by atoms with Crippen molar-refractivity contribution < 1.29 is 23.5 Å². The Kier molecular flexibility index (Phi) is 6.49. The van der Waals surface area contributed by atoms with Gasteiger partial charge in [-0.3, -0.25) is 19.0 Å². The summed E-state index contributed by atoms with van der Waals surface area (Å²) in [7, 11) is 0. The lowest BCUT2D eigenvalue weighted by Crippen LogP contribution is -2.33. The highest BCUT2D eigenvalue weighted by molar-refractivity contribution is 6.06. The third-order valence-corrected chi connectivity index (χ3v) is 7.15. The molecule has 0 spiro atoms. The number of rotatable bonds is 6. The lowest BCUT2D eigenvalue weighted by atomic mass is 9.92. The van der Waals surface area contributed by atoms with Crippen LogP contribution in [0.2, 0.25) is 0 Å². The monoisotopic (exact) mass is 492 g/mol. The van der Waals surface area contributed by atoms with Gasteiger partial charge in [-0.1, -0.05) is 6.07 Å². The highest BCUT2D eigenvalue weighted by atomic mass is 19.1. The maximum Gasteiger partial charge on any atom is 0.319 e. The Morgan fingerprint density at radius 1 is 1.08 bits per heavy atom. The molecular formula is C27H29FN4O4. The van der Waals surface area contributed by atoms with Crippen molar-refractivity contribution in [3.05, 3.63) is 53.5 Å². The third-order valence-electron chi connectivity index (χ3n) is 7.15. The zero-order valence-corrected chi connectivity index (χ0v) is 19.9. The van der Waals surface area contributed by atoms with E-state index in [0.717, 1.165) is 41.5 Å². The predicted octanol–water partition coefficient (Wildman–Crippen LogP) is 3.75. The number of carbonyl (C=O) groups is 3. The van der Waals surface area contributed by atoms with Crippen LogP contribution in [0.1, 0.15) is 59.4 Å². The quantitative estimate of drug-likeness (QED) is 0.450. The molecular weight excluding hydrogens is 463 g/mol. The van der Waals surface area contributed by atoms with Gasteiger partial charge in [-0.25, -0.2) is 4.39 Å². The van der Waals surface area contributed by atoms with Crippen molar-refractivity contribution in [2.45, 2.75) is 57.1 Å². The number of hydrogen-bond donors (Lipinski definition) is 3. The van der Waals surface area contributed by atoms with Crippen molar-refractivity contribution in [3.8, 4) is 11.1 Å². The minimum atomic E-state index is -0.546. The second-order valence-electron chi connectivity index (χ2n) is 9.50. The first-order valence-electron chi connectivity index (χ1n) is 12.3. The van der Waals surface area contributed by atoms with Gasteiger partial charge in [0.2, 0.25) is 5.91 Å². The van der Waals surface area contributed by atoms with Crippen LogP contribution in [0, 0.1) is 5.82 Å². The molecule has 5 N–H and O–H groups in total. The Labute approximate surface area is 207 Å². The summed E-state index contributed by atoms with van der Waals surface area (Å²) < 4.78 is 21.1. The maximum absolute atomic E-state index is 14.1. The Morgan fingerprint density at radius 2 is 1.86 bits per heavy atom. The van der Waals surface area contributed by atoms with Crippen molar-refractivity contribution in [3.63, 3.8) is 0 Å². The minimum absolute atomic E-state index is 0.0442. The van der Waals surface area contributed by atoms with Crippen molar-refractivity contribution in [1.29, 1.82) is 0 Å². The number of hydrogen-bond acceptors (Lipinski definition) is 6. The molecule has 2 heterocycles. The SMILES string of the molecule is NCC(=O)OC1CCC(Nc2cc(-c3c4n(c5cc(F)ccc35)C(=O)CCC4)ccc2C(N)=O)CC1. The second-order valence-corrected chi connectivity index (χ2v) is 9.50. The summed E-state index contributed by atoms with van der Waals surface area (Å²) in [4.78, 5) is 36.5. The van der Waals surface area contributed by atoms with E-state index in [1.807, 2.05) is 12.1 Å². The fourth-order valence-corrected chi connectivity index (χ4v) is 5.49. The van der Waals surface area contributed by atoms with Crippen LogP contribution in [0.25, 0.3) is 22.0 Å². The number of aromatic nitrogens is 1. The molecule has 36 heavy (non-hydrogen) atoms. The molecule has 1 amide bonds. The second kappa shape index (κ2) is 9.73. The topological polar surface area (TPSA) is 129 Å². The molecule has 0 bridgehead atoms. The minimum Gasteiger partial charge on any atom is -0.461 e. The fraction of sp³-hybridized carbons (Fsp3) is 0.370. The zero-order chi connectivity index (χ0) is 25.4. The molecule has 0 unspecified atom stereocenters. The van der Waals surface area contributed by atoms with Gasteiger partial charge in [0.25, 0.3) is 5.91 Å². The van der Waals surface area contributed by atoms with Gasteiger partial charge in [-0.15, -0.1) is 0 Å². The molecule has 5 rings (SSSR count). The van der Waals surface area contributed by atoms with Gasteiger partial charge < -0.3 is 21.5 Å². The van der Waals surface area contributed by atoms with Crippen LogP contribution in [0.5, 0.6) is 0 Å². The van der Waals surface area contributed by atoms with Gasteiger partial charge in [-0.05, 0) is 74.4 Å². The van der Waals surface area contributed by atoms with Gasteiger partial charge in [0.05, 0.1) is 17.6 Å². The van der Waals surface area contributed by atoms with E-state index in [-0.39, 0.29) is 24.6 Å². The number of nitrogens with one attached hydrogen (secondary N) is 1. The van der Waals surface area contributed by atoms with Crippen LogP contribution in [0.4, 0.5) is 10.1 Å². The van der Waals surface area contributed by atoms with Gasteiger partial charge in [0.15, 0.2) is 0 Å². The average molecular weight is 493 g/mol. The van der Waals surface area contributed by atoms with Crippen LogP contribution in [-0.2, 0) is 16.0 Å². The molecule has 188 valence electrons.